The monoisotopic (exact) mass is 519 g/mol. The minimum atomic E-state index is -0.559. The molecule has 0 radical (unpaired) electrons. The second kappa shape index (κ2) is 15.4. The fourth-order valence-electron chi connectivity index (χ4n) is 3.47. The third-order valence-corrected chi connectivity index (χ3v) is 5.35. The number of nitrogens with one attached hydrogen (secondary N) is 3. The minimum Gasteiger partial charge on any atom is -0.340 e. The molecule has 1 fully saturated rings. The average Bonchev–Trinajstić information content (AvgIpc) is 3.51. The van der Waals surface area contributed by atoms with Crippen molar-refractivity contribution < 1.29 is 9.18 Å². The number of terminal acetylenes is 1. The number of hydrogen-bond donors (Lipinski definition) is 3. The van der Waals surface area contributed by atoms with Crippen molar-refractivity contribution in [3.63, 3.8) is 0 Å². The van der Waals surface area contributed by atoms with E-state index in [1.807, 2.05) is 22.8 Å². The largest absolute Gasteiger partial charge is 0.340 e. The van der Waals surface area contributed by atoms with Crippen LogP contribution in [0.25, 0.3) is 5.52 Å². The summed E-state index contributed by atoms with van der Waals surface area (Å²) in [6, 6.07) is 8.68. The number of fused-ring (bicyclic) bond motifs is 1. The van der Waals surface area contributed by atoms with E-state index in [-0.39, 0.29) is 0 Å². The standard InChI is InChI=1S/C17H23N7.C6H5FN2O.C2H4.C2H2/c1-3-9-23(4-2)17-19-16(14-6-5-10-24(14)22-17)18-15-11-13(20-21-15)12-7-8-12;7-6-2-1-5(3-8-6)9-4-10;2*1-2/h5-6,10-12H,3-4,7-9H2,1-2H3,(H2,18,19,20,21,22);1-4H,(H,9,10);1-2H2;1-2H. The van der Waals surface area contributed by atoms with Crippen LogP contribution in [0.15, 0.2) is 55.9 Å². The highest BCUT2D eigenvalue weighted by Crippen LogP contribution is 2.39. The molecule has 0 bridgehead atoms. The van der Waals surface area contributed by atoms with Gasteiger partial charge < -0.3 is 15.5 Å². The maximum atomic E-state index is 12.1. The molecular formula is C27H34FN9O. The lowest BCUT2D eigenvalue weighted by Crippen LogP contribution is -2.26. The number of aromatic amines is 1. The molecule has 4 aromatic heterocycles. The Kier molecular flexibility index (Phi) is 12.0. The first-order chi connectivity index (χ1) is 18.6. The van der Waals surface area contributed by atoms with Gasteiger partial charge in [-0.25, -0.2) is 9.50 Å². The van der Waals surface area contributed by atoms with Crippen molar-refractivity contribution in [2.24, 2.45) is 0 Å². The predicted molar refractivity (Wildman–Crippen MR) is 150 cm³/mol. The van der Waals surface area contributed by atoms with Crippen molar-refractivity contribution in [3.05, 3.63) is 67.5 Å². The molecule has 200 valence electrons. The molecule has 0 aromatic carbocycles. The summed E-state index contributed by atoms with van der Waals surface area (Å²) in [7, 11) is 0. The lowest BCUT2D eigenvalue weighted by molar-refractivity contribution is -0.105. The zero-order valence-electron chi connectivity index (χ0n) is 21.8. The first-order valence-corrected chi connectivity index (χ1v) is 12.2. The van der Waals surface area contributed by atoms with E-state index < -0.39 is 5.95 Å². The Hall–Kier alpha value is -4.72. The Bertz CT molecular complexity index is 1280. The van der Waals surface area contributed by atoms with Crippen molar-refractivity contribution in [1.29, 1.82) is 0 Å². The minimum absolute atomic E-state index is 0.483. The van der Waals surface area contributed by atoms with Gasteiger partial charge in [0.15, 0.2) is 11.6 Å². The first kappa shape index (κ1) is 29.5. The topological polar surface area (TPSA) is 116 Å². The molecule has 5 rings (SSSR count). The third-order valence-electron chi connectivity index (χ3n) is 5.35. The van der Waals surface area contributed by atoms with Gasteiger partial charge in [-0.1, -0.05) is 6.92 Å². The Morgan fingerprint density at radius 2 is 2.03 bits per heavy atom. The molecule has 1 saturated carbocycles. The van der Waals surface area contributed by atoms with Gasteiger partial charge >= 0.3 is 0 Å². The van der Waals surface area contributed by atoms with E-state index in [4.69, 9.17) is 4.98 Å². The third kappa shape index (κ3) is 8.16. The summed E-state index contributed by atoms with van der Waals surface area (Å²) in [4.78, 5) is 20.1. The smallest absolute Gasteiger partial charge is 0.245 e. The van der Waals surface area contributed by atoms with Gasteiger partial charge in [-0.15, -0.1) is 31.1 Å². The number of carbonyl (C=O) groups is 1. The molecule has 0 spiro atoms. The number of H-pyrrole nitrogens is 1. The Morgan fingerprint density at radius 1 is 1.26 bits per heavy atom. The van der Waals surface area contributed by atoms with Gasteiger partial charge in [-0.05, 0) is 50.5 Å². The van der Waals surface area contributed by atoms with Gasteiger partial charge in [0.2, 0.25) is 18.3 Å². The molecule has 38 heavy (non-hydrogen) atoms. The van der Waals surface area contributed by atoms with E-state index in [0.29, 0.717) is 18.0 Å². The summed E-state index contributed by atoms with van der Waals surface area (Å²) in [5.41, 5.74) is 2.64. The van der Waals surface area contributed by atoms with Crippen LogP contribution in [0.4, 0.5) is 27.7 Å². The molecule has 10 nitrogen and oxygen atoms in total. The van der Waals surface area contributed by atoms with Crippen LogP contribution in [-0.2, 0) is 4.79 Å². The van der Waals surface area contributed by atoms with Crippen LogP contribution in [0.2, 0.25) is 0 Å². The molecule has 4 heterocycles. The van der Waals surface area contributed by atoms with Gasteiger partial charge in [0, 0.05) is 37.0 Å². The Morgan fingerprint density at radius 3 is 2.63 bits per heavy atom. The predicted octanol–water partition coefficient (Wildman–Crippen LogP) is 5.15. The number of hydrogen-bond acceptors (Lipinski definition) is 7. The average molecular weight is 520 g/mol. The summed E-state index contributed by atoms with van der Waals surface area (Å²) in [5.74, 6) is 2.43. The van der Waals surface area contributed by atoms with Crippen LogP contribution < -0.4 is 15.5 Å². The molecule has 1 aliphatic carbocycles. The van der Waals surface area contributed by atoms with Gasteiger partial charge in [0.1, 0.15) is 5.52 Å². The van der Waals surface area contributed by atoms with E-state index in [9.17, 15) is 9.18 Å². The van der Waals surface area contributed by atoms with Crippen molar-refractivity contribution in [1.82, 2.24) is 29.8 Å². The number of halogens is 1. The summed E-state index contributed by atoms with van der Waals surface area (Å²) in [6.45, 7) is 12.1. The summed E-state index contributed by atoms with van der Waals surface area (Å²) >= 11 is 0. The van der Waals surface area contributed by atoms with Crippen molar-refractivity contribution in [2.75, 3.05) is 28.6 Å². The van der Waals surface area contributed by atoms with E-state index in [2.05, 4.69) is 81.7 Å². The highest BCUT2D eigenvalue weighted by atomic mass is 19.1. The Balaban J connectivity index is 0.000000304. The van der Waals surface area contributed by atoms with Gasteiger partial charge in [-0.2, -0.15) is 14.5 Å². The number of anilines is 4. The van der Waals surface area contributed by atoms with Crippen molar-refractivity contribution in [3.8, 4) is 12.8 Å². The zero-order chi connectivity index (χ0) is 27.9. The molecule has 1 amide bonds. The van der Waals surface area contributed by atoms with E-state index in [1.54, 1.807) is 0 Å². The molecular weight excluding hydrogens is 485 g/mol. The van der Waals surface area contributed by atoms with Crippen LogP contribution in [0.5, 0.6) is 0 Å². The van der Waals surface area contributed by atoms with Crippen molar-refractivity contribution in [2.45, 2.75) is 39.0 Å². The number of rotatable bonds is 9. The number of amides is 1. The van der Waals surface area contributed by atoms with Gasteiger partial charge in [-0.3, -0.25) is 9.89 Å². The van der Waals surface area contributed by atoms with Crippen LogP contribution in [0.1, 0.15) is 44.7 Å². The van der Waals surface area contributed by atoms with E-state index in [1.165, 1.54) is 36.9 Å². The fourth-order valence-corrected chi connectivity index (χ4v) is 3.47. The molecule has 3 N–H and O–H groups in total. The number of aromatic nitrogens is 6. The lowest BCUT2D eigenvalue weighted by atomic mass is 10.3. The second-order valence-corrected chi connectivity index (χ2v) is 7.92. The fraction of sp³-hybridized carbons (Fsp3) is 0.296. The highest BCUT2D eigenvalue weighted by molar-refractivity contribution is 5.73. The molecule has 0 saturated heterocycles. The molecule has 1 aliphatic rings. The quantitative estimate of drug-likeness (QED) is 0.121. The summed E-state index contributed by atoms with van der Waals surface area (Å²) in [5, 5.41) is 17.8. The lowest BCUT2D eigenvalue weighted by Gasteiger charge is -2.20. The zero-order valence-corrected chi connectivity index (χ0v) is 21.8. The number of nitrogens with zero attached hydrogens (tertiary/aromatic N) is 6. The second-order valence-electron chi connectivity index (χ2n) is 7.92. The molecule has 4 aromatic rings. The molecule has 0 aliphatic heterocycles. The summed E-state index contributed by atoms with van der Waals surface area (Å²) in [6.07, 6.45) is 15.3. The molecule has 0 atom stereocenters. The van der Waals surface area contributed by atoms with Crippen LogP contribution >= 0.6 is 0 Å². The van der Waals surface area contributed by atoms with Crippen LogP contribution in [-0.4, -0.2) is 49.3 Å². The maximum Gasteiger partial charge on any atom is 0.245 e. The van der Waals surface area contributed by atoms with Gasteiger partial charge in [0.25, 0.3) is 0 Å². The summed E-state index contributed by atoms with van der Waals surface area (Å²) < 4.78 is 14.0. The van der Waals surface area contributed by atoms with Gasteiger partial charge in [0.05, 0.1) is 11.9 Å². The molecule has 11 heteroatoms. The SMILES string of the molecule is C#C.C=C.CCCN(CC)c1nc(Nc2cc(C3CC3)[nH]n2)c2cccn2n1.O=CNc1ccc(F)nc1. The maximum absolute atomic E-state index is 12.1. The first-order valence-electron chi connectivity index (χ1n) is 12.2. The van der Waals surface area contributed by atoms with E-state index >= 15 is 0 Å². The number of pyridine rings is 1. The van der Waals surface area contributed by atoms with Crippen LogP contribution in [0.3, 0.4) is 0 Å². The highest BCUT2D eigenvalue weighted by Gasteiger charge is 2.25. The normalized spacial score (nSPS) is 11.5. The van der Waals surface area contributed by atoms with E-state index in [0.717, 1.165) is 42.6 Å². The van der Waals surface area contributed by atoms with Crippen LogP contribution in [0, 0.1) is 18.8 Å². The molecule has 0 unspecified atom stereocenters. The van der Waals surface area contributed by atoms with Crippen molar-refractivity contribution >= 4 is 35.2 Å². The number of carbonyl (C=O) groups excluding carboxylic acids is 1. The Labute approximate surface area is 222 Å².